The van der Waals surface area contributed by atoms with Gasteiger partial charge in [0.15, 0.2) is 8.38 Å². The Morgan fingerprint density at radius 3 is 2.61 bits per heavy atom. The molecule has 0 aliphatic rings. The van der Waals surface area contributed by atoms with Crippen LogP contribution in [0.2, 0.25) is 0 Å². The average molecular weight is 446 g/mol. The van der Waals surface area contributed by atoms with Crippen LogP contribution in [0.4, 0.5) is 0 Å². The van der Waals surface area contributed by atoms with Gasteiger partial charge in [-0.25, -0.2) is 4.98 Å². The quantitative estimate of drug-likeness (QED) is 0.325. The van der Waals surface area contributed by atoms with Crippen LogP contribution in [0, 0.1) is 5.92 Å². The molecular formula is C22H31N4O4P. The number of aromatic nitrogens is 3. The molecule has 0 saturated carbocycles. The van der Waals surface area contributed by atoms with E-state index in [0.29, 0.717) is 45.0 Å². The van der Waals surface area contributed by atoms with E-state index in [0.717, 1.165) is 22.2 Å². The van der Waals surface area contributed by atoms with Gasteiger partial charge in [-0.05, 0) is 19.4 Å². The van der Waals surface area contributed by atoms with Gasteiger partial charge in [0.05, 0.1) is 18.7 Å². The molecule has 1 unspecified atom stereocenters. The number of nitrogens with zero attached hydrogens (tertiary/aromatic N) is 2. The summed E-state index contributed by atoms with van der Waals surface area (Å²) in [5.41, 5.74) is 3.72. The third-order valence-electron chi connectivity index (χ3n) is 4.69. The number of rotatable bonds is 14. The van der Waals surface area contributed by atoms with Crippen LogP contribution in [0.3, 0.4) is 0 Å². The number of nitrogens with one attached hydrogen (secondary N) is 2. The van der Waals surface area contributed by atoms with Gasteiger partial charge in [0, 0.05) is 43.5 Å². The Morgan fingerprint density at radius 1 is 1.13 bits per heavy atom. The van der Waals surface area contributed by atoms with E-state index >= 15 is 0 Å². The van der Waals surface area contributed by atoms with Gasteiger partial charge >= 0.3 is 0 Å². The lowest BCUT2D eigenvalue weighted by Gasteiger charge is -2.21. The van der Waals surface area contributed by atoms with Crippen molar-refractivity contribution in [2.24, 2.45) is 5.92 Å². The molecule has 0 fully saturated rings. The monoisotopic (exact) mass is 446 g/mol. The number of aromatic amines is 1. The highest BCUT2D eigenvalue weighted by molar-refractivity contribution is 7.47. The van der Waals surface area contributed by atoms with Crippen LogP contribution in [-0.2, 0) is 22.2 Å². The molecule has 0 radical (unpaired) electrons. The number of benzene rings is 1. The summed E-state index contributed by atoms with van der Waals surface area (Å²) in [5, 5.41) is 13.2. The lowest BCUT2D eigenvalue weighted by molar-refractivity contribution is 0.220. The van der Waals surface area contributed by atoms with E-state index in [-0.39, 0.29) is 12.5 Å². The minimum Gasteiger partial charge on any atom is -0.471 e. The maximum Gasteiger partial charge on any atom is 0.241 e. The fourth-order valence-electron chi connectivity index (χ4n) is 3.18. The highest BCUT2D eigenvalue weighted by Gasteiger charge is 2.18. The summed E-state index contributed by atoms with van der Waals surface area (Å²) in [7, 11) is -0.967. The maximum atomic E-state index is 9.75. The molecule has 3 rings (SSSR count). The standard InChI is InChI=1S/C22H31N4O4P/c1-3-29-31(30-4-2)15-18(13-27)10-23-11-19-12-24-21-20(19)25-16-26-22(21)28-14-17-8-6-5-7-9-17/h5-9,12,16,18,23-24,27H,3-4,10-11,13-15H2,1-2H3. The van der Waals surface area contributed by atoms with Crippen LogP contribution < -0.4 is 10.1 Å². The molecule has 3 aromatic rings. The third-order valence-corrected chi connectivity index (χ3v) is 6.59. The second-order valence-electron chi connectivity index (χ2n) is 7.02. The molecular weight excluding hydrogens is 415 g/mol. The van der Waals surface area contributed by atoms with E-state index in [1.54, 1.807) is 0 Å². The smallest absolute Gasteiger partial charge is 0.241 e. The Bertz CT molecular complexity index is 903. The average Bonchev–Trinajstić information content (AvgIpc) is 3.21. The molecule has 0 spiro atoms. The maximum absolute atomic E-state index is 9.75. The first-order valence-electron chi connectivity index (χ1n) is 10.6. The number of aliphatic hydroxyl groups is 1. The van der Waals surface area contributed by atoms with Gasteiger partial charge in [-0.3, -0.25) is 0 Å². The molecule has 8 nitrogen and oxygen atoms in total. The Kier molecular flexibility index (Phi) is 9.65. The lowest BCUT2D eigenvalue weighted by Crippen LogP contribution is -2.27. The zero-order valence-electron chi connectivity index (χ0n) is 18.1. The second kappa shape index (κ2) is 12.7. The topological polar surface area (TPSA) is 102 Å². The first-order valence-corrected chi connectivity index (χ1v) is 11.9. The summed E-state index contributed by atoms with van der Waals surface area (Å²) in [4.78, 5) is 11.9. The molecule has 1 atom stereocenters. The predicted molar refractivity (Wildman–Crippen MR) is 122 cm³/mol. The highest BCUT2D eigenvalue weighted by atomic mass is 31.2. The summed E-state index contributed by atoms with van der Waals surface area (Å²) in [6.07, 6.45) is 4.14. The van der Waals surface area contributed by atoms with Gasteiger partial charge in [0.1, 0.15) is 18.5 Å². The van der Waals surface area contributed by atoms with E-state index in [9.17, 15) is 5.11 Å². The molecule has 31 heavy (non-hydrogen) atoms. The fourth-order valence-corrected chi connectivity index (χ4v) is 4.71. The van der Waals surface area contributed by atoms with Gasteiger partial charge in [0.25, 0.3) is 0 Å². The molecule has 3 N–H and O–H groups in total. The van der Waals surface area contributed by atoms with Crippen molar-refractivity contribution in [2.45, 2.75) is 27.0 Å². The van der Waals surface area contributed by atoms with E-state index in [4.69, 9.17) is 13.8 Å². The summed E-state index contributed by atoms with van der Waals surface area (Å²) in [6, 6.07) is 9.98. The first kappa shape index (κ1) is 23.6. The summed E-state index contributed by atoms with van der Waals surface area (Å²) < 4.78 is 17.2. The molecule has 9 heteroatoms. The summed E-state index contributed by atoms with van der Waals surface area (Å²) in [5.74, 6) is 0.598. The zero-order valence-corrected chi connectivity index (χ0v) is 19.0. The minimum absolute atomic E-state index is 0.0637. The van der Waals surface area contributed by atoms with E-state index in [2.05, 4.69) is 20.3 Å². The van der Waals surface area contributed by atoms with Crippen molar-refractivity contribution in [1.82, 2.24) is 20.3 Å². The van der Waals surface area contributed by atoms with E-state index < -0.39 is 8.38 Å². The Morgan fingerprint density at radius 2 is 1.90 bits per heavy atom. The van der Waals surface area contributed by atoms with Gasteiger partial charge in [-0.1, -0.05) is 30.3 Å². The zero-order chi connectivity index (χ0) is 21.9. The Labute approximate surface area is 184 Å². The van der Waals surface area contributed by atoms with Gasteiger partial charge in [-0.15, -0.1) is 0 Å². The Balaban J connectivity index is 1.57. The fraction of sp³-hybridized carbons (Fsp3) is 0.455. The van der Waals surface area contributed by atoms with Crippen molar-refractivity contribution in [2.75, 3.05) is 32.5 Å². The SMILES string of the molecule is CCOP(CC(CO)CNCc1c[nH]c2c(OCc3ccccc3)ncnc12)OCC. The van der Waals surface area contributed by atoms with Crippen LogP contribution >= 0.6 is 8.38 Å². The molecule has 0 saturated heterocycles. The van der Waals surface area contributed by atoms with E-state index in [1.807, 2.05) is 50.4 Å². The van der Waals surface area contributed by atoms with Crippen molar-refractivity contribution in [1.29, 1.82) is 0 Å². The first-order chi connectivity index (χ1) is 15.2. The normalized spacial score (nSPS) is 12.5. The third kappa shape index (κ3) is 6.95. The number of H-pyrrole nitrogens is 1. The van der Waals surface area contributed by atoms with Crippen molar-refractivity contribution in [3.63, 3.8) is 0 Å². The minimum atomic E-state index is -0.967. The van der Waals surface area contributed by atoms with Gasteiger partial charge < -0.3 is 29.2 Å². The molecule has 168 valence electrons. The number of fused-ring (bicyclic) bond motifs is 1. The Hall–Kier alpha value is -2.09. The van der Waals surface area contributed by atoms with E-state index in [1.165, 1.54) is 6.33 Å². The molecule has 2 heterocycles. The lowest BCUT2D eigenvalue weighted by atomic mass is 10.2. The second-order valence-corrected chi connectivity index (χ2v) is 8.57. The number of aliphatic hydroxyl groups excluding tert-OH is 1. The molecule has 0 bridgehead atoms. The number of hydrogen-bond acceptors (Lipinski definition) is 7. The van der Waals surface area contributed by atoms with Crippen LogP contribution in [0.5, 0.6) is 5.88 Å². The largest absolute Gasteiger partial charge is 0.471 e. The highest BCUT2D eigenvalue weighted by Crippen LogP contribution is 2.39. The van der Waals surface area contributed by atoms with Crippen molar-refractivity contribution < 1.29 is 18.9 Å². The van der Waals surface area contributed by atoms with Crippen molar-refractivity contribution in [3.8, 4) is 5.88 Å². The van der Waals surface area contributed by atoms with Crippen LogP contribution in [-0.4, -0.2) is 52.6 Å². The number of hydrogen-bond donors (Lipinski definition) is 3. The predicted octanol–water partition coefficient (Wildman–Crippen LogP) is 3.62. The molecule has 0 aliphatic carbocycles. The molecule has 0 amide bonds. The molecule has 0 aliphatic heterocycles. The van der Waals surface area contributed by atoms with Crippen LogP contribution in [0.25, 0.3) is 11.0 Å². The summed E-state index contributed by atoms with van der Waals surface area (Å²) in [6.45, 7) is 6.94. The molecule has 1 aromatic carbocycles. The van der Waals surface area contributed by atoms with Gasteiger partial charge in [-0.2, -0.15) is 4.98 Å². The van der Waals surface area contributed by atoms with Crippen LogP contribution in [0.1, 0.15) is 25.0 Å². The van der Waals surface area contributed by atoms with Crippen molar-refractivity contribution >= 4 is 19.4 Å². The number of ether oxygens (including phenoxy) is 1. The van der Waals surface area contributed by atoms with Crippen molar-refractivity contribution in [3.05, 3.63) is 54.0 Å². The molecule has 2 aromatic heterocycles. The van der Waals surface area contributed by atoms with Gasteiger partial charge in [0.2, 0.25) is 5.88 Å². The summed E-state index contributed by atoms with van der Waals surface area (Å²) >= 11 is 0. The van der Waals surface area contributed by atoms with Crippen LogP contribution in [0.15, 0.2) is 42.9 Å².